The monoisotopic (exact) mass is 326 g/mol. The number of primary amides is 1. The van der Waals surface area contributed by atoms with Crippen LogP contribution < -0.4 is 15.8 Å². The molecule has 8 heteroatoms. The van der Waals surface area contributed by atoms with E-state index < -0.39 is 5.91 Å². The van der Waals surface area contributed by atoms with Crippen molar-refractivity contribution in [2.24, 2.45) is 17.9 Å². The van der Waals surface area contributed by atoms with Crippen LogP contribution in [0.25, 0.3) is 0 Å². The molecule has 2 aromatic rings. The van der Waals surface area contributed by atoms with Gasteiger partial charge in [-0.1, -0.05) is 6.07 Å². The zero-order valence-electron chi connectivity index (χ0n) is 13.3. The van der Waals surface area contributed by atoms with Crippen molar-refractivity contribution in [2.45, 2.75) is 18.9 Å². The van der Waals surface area contributed by atoms with Crippen molar-refractivity contribution in [1.82, 2.24) is 9.78 Å². The van der Waals surface area contributed by atoms with Crippen LogP contribution >= 0.6 is 0 Å². The largest absolute Gasteiger partial charge is 0.629 e. The molecular formula is C16H18N6O2. The normalized spacial score (nSPS) is 21.7. The molecule has 1 aromatic carbocycles. The Morgan fingerprint density at radius 2 is 2.33 bits per heavy atom. The number of hydrazone groups is 1. The van der Waals surface area contributed by atoms with Gasteiger partial charge in [0.1, 0.15) is 5.69 Å². The number of nitrogens with one attached hydrogen (secondary N) is 1. The lowest BCUT2D eigenvalue weighted by Gasteiger charge is -2.20. The maximum absolute atomic E-state index is 12.3. The van der Waals surface area contributed by atoms with Crippen LogP contribution in [0.1, 0.15) is 22.6 Å². The number of nitrogens with zero attached hydrogens (tertiary/aromatic N) is 4. The Bertz CT molecular complexity index is 843. The number of hydrogen-bond acceptors (Lipinski definition) is 5. The van der Waals surface area contributed by atoms with Crippen LogP contribution in [0.4, 0.5) is 11.4 Å². The summed E-state index contributed by atoms with van der Waals surface area (Å²) in [4.78, 5) is 11.3. The molecule has 0 spiro atoms. The fourth-order valence-electron chi connectivity index (χ4n) is 3.48. The first-order valence-corrected chi connectivity index (χ1v) is 7.79. The molecule has 3 heterocycles. The molecule has 24 heavy (non-hydrogen) atoms. The van der Waals surface area contributed by atoms with E-state index in [1.165, 1.54) is 0 Å². The van der Waals surface area contributed by atoms with Crippen molar-refractivity contribution in [3.05, 3.63) is 46.4 Å². The van der Waals surface area contributed by atoms with Gasteiger partial charge < -0.3 is 16.0 Å². The highest BCUT2D eigenvalue weighted by atomic mass is 16.5. The average molecular weight is 326 g/mol. The zero-order valence-corrected chi connectivity index (χ0v) is 13.3. The number of anilines is 1. The summed E-state index contributed by atoms with van der Waals surface area (Å²) in [5.41, 5.74) is 9.73. The van der Waals surface area contributed by atoms with Gasteiger partial charge in [-0.2, -0.15) is 10.2 Å². The van der Waals surface area contributed by atoms with E-state index in [0.29, 0.717) is 18.8 Å². The zero-order chi connectivity index (χ0) is 16.8. The highest BCUT2D eigenvalue weighted by molar-refractivity contribution is 5.79. The quantitative estimate of drug-likeness (QED) is 0.747. The summed E-state index contributed by atoms with van der Waals surface area (Å²) in [6.07, 6.45) is 5.61. The number of carbonyl (C=O) groups excluding carboxylic acids is 1. The Labute approximate surface area is 138 Å². The summed E-state index contributed by atoms with van der Waals surface area (Å²) in [6, 6.07) is 3.77. The maximum atomic E-state index is 12.3. The molecule has 0 fully saturated rings. The number of carbonyl (C=O) groups is 1. The Morgan fingerprint density at radius 3 is 3.04 bits per heavy atom. The number of aromatic nitrogens is 2. The minimum Gasteiger partial charge on any atom is -0.629 e. The van der Waals surface area contributed by atoms with Gasteiger partial charge in [-0.25, -0.2) is 0 Å². The van der Waals surface area contributed by atoms with Gasteiger partial charge in [0.15, 0.2) is 0 Å². The first-order valence-electron chi connectivity index (χ1n) is 7.79. The van der Waals surface area contributed by atoms with Gasteiger partial charge in [-0.15, -0.1) is 0 Å². The Balaban J connectivity index is 1.78. The van der Waals surface area contributed by atoms with Crippen molar-refractivity contribution in [3.8, 4) is 0 Å². The summed E-state index contributed by atoms with van der Waals surface area (Å²) in [5.74, 6) is -0.412. The van der Waals surface area contributed by atoms with Crippen LogP contribution in [0.15, 0.2) is 29.6 Å². The molecule has 124 valence electrons. The van der Waals surface area contributed by atoms with Crippen LogP contribution in [-0.4, -0.2) is 28.4 Å². The van der Waals surface area contributed by atoms with Gasteiger partial charge in [0.25, 0.3) is 0 Å². The van der Waals surface area contributed by atoms with E-state index in [-0.39, 0.29) is 17.4 Å². The van der Waals surface area contributed by atoms with Crippen molar-refractivity contribution >= 4 is 23.5 Å². The van der Waals surface area contributed by atoms with Crippen LogP contribution in [-0.2, 0) is 24.8 Å². The molecule has 0 aliphatic carbocycles. The smallest absolute Gasteiger partial charge is 0.221 e. The van der Waals surface area contributed by atoms with Gasteiger partial charge in [-0.05, 0) is 11.1 Å². The van der Waals surface area contributed by atoms with Crippen molar-refractivity contribution < 1.29 is 9.86 Å². The number of hydrogen-bond donors (Lipinski definition) is 2. The number of amides is 1. The molecular weight excluding hydrogens is 308 g/mol. The van der Waals surface area contributed by atoms with Gasteiger partial charge >= 0.3 is 0 Å². The van der Waals surface area contributed by atoms with E-state index in [1.807, 2.05) is 30.5 Å². The maximum Gasteiger partial charge on any atom is 0.221 e. The Hall–Kier alpha value is -2.71. The molecule has 1 amide bonds. The van der Waals surface area contributed by atoms with Crippen LogP contribution in [0.2, 0.25) is 0 Å². The second-order valence-electron chi connectivity index (χ2n) is 6.29. The minimum atomic E-state index is -0.405. The minimum absolute atomic E-state index is 0.00759. The van der Waals surface area contributed by atoms with Crippen molar-refractivity contribution in [3.63, 3.8) is 0 Å². The number of rotatable bonds is 3. The van der Waals surface area contributed by atoms with Crippen LogP contribution in [0, 0.1) is 5.21 Å². The number of quaternary nitrogens is 1. The molecule has 3 N–H and O–H groups in total. The summed E-state index contributed by atoms with van der Waals surface area (Å²) in [5, 5.41) is 23.0. The van der Waals surface area contributed by atoms with E-state index in [9.17, 15) is 10.0 Å². The van der Waals surface area contributed by atoms with E-state index in [0.717, 1.165) is 22.4 Å². The van der Waals surface area contributed by atoms with Crippen LogP contribution in [0.5, 0.6) is 0 Å². The first kappa shape index (κ1) is 14.9. The lowest BCUT2D eigenvalue weighted by Crippen LogP contribution is -3.00. The molecule has 0 bridgehead atoms. The lowest BCUT2D eigenvalue weighted by molar-refractivity contribution is -0.769. The van der Waals surface area contributed by atoms with Crippen LogP contribution in [0.3, 0.4) is 0 Å². The SMILES string of the molecule is Cn1cc(N2Cc3cc(CC(N)=O)cc4c3C(C=N2)C[NH+]4[O-])cn1. The fraction of sp³-hybridized carbons (Fsp3) is 0.312. The molecule has 2 atom stereocenters. The van der Waals surface area contributed by atoms with E-state index in [2.05, 4.69) is 10.2 Å². The summed E-state index contributed by atoms with van der Waals surface area (Å²) < 4.78 is 1.72. The highest BCUT2D eigenvalue weighted by Crippen LogP contribution is 2.34. The van der Waals surface area contributed by atoms with Gasteiger partial charge in [-0.3, -0.25) is 14.5 Å². The highest BCUT2D eigenvalue weighted by Gasteiger charge is 2.34. The summed E-state index contributed by atoms with van der Waals surface area (Å²) in [6.45, 7) is 0.952. The molecule has 2 unspecified atom stereocenters. The Morgan fingerprint density at radius 1 is 1.50 bits per heavy atom. The topological polar surface area (TPSA) is 104 Å². The molecule has 2 aliphatic heterocycles. The Kier molecular flexibility index (Phi) is 3.36. The first-order chi connectivity index (χ1) is 11.5. The molecule has 8 nitrogen and oxygen atoms in total. The second-order valence-corrected chi connectivity index (χ2v) is 6.29. The van der Waals surface area contributed by atoms with E-state index in [4.69, 9.17) is 5.73 Å². The van der Waals surface area contributed by atoms with Crippen molar-refractivity contribution in [1.29, 1.82) is 0 Å². The third-order valence-corrected chi connectivity index (χ3v) is 4.48. The average Bonchev–Trinajstić information content (AvgIpc) is 3.02. The second kappa shape index (κ2) is 5.43. The predicted molar refractivity (Wildman–Crippen MR) is 88.8 cm³/mol. The standard InChI is InChI=1S/C16H18N6O2/c1-20-9-13(6-18-20)21-7-11-2-10(4-15(17)23)3-14-16(11)12(5-19-21)8-22(14)24/h2-3,5-6,9,12,22H,4,7-8H2,1H3,(H2,17,23). The molecule has 0 saturated carbocycles. The molecule has 1 aromatic heterocycles. The van der Waals surface area contributed by atoms with E-state index in [1.54, 1.807) is 16.9 Å². The molecule has 4 rings (SSSR count). The fourth-order valence-corrected chi connectivity index (χ4v) is 3.48. The third-order valence-electron chi connectivity index (χ3n) is 4.48. The number of hydroxylamine groups is 1. The molecule has 2 aliphatic rings. The lowest BCUT2D eigenvalue weighted by atomic mass is 9.94. The molecule has 0 saturated heterocycles. The summed E-state index contributed by atoms with van der Waals surface area (Å²) >= 11 is 0. The van der Waals surface area contributed by atoms with Gasteiger partial charge in [0.2, 0.25) is 5.91 Å². The van der Waals surface area contributed by atoms with Gasteiger partial charge in [0.05, 0.1) is 37.3 Å². The number of nitrogens with two attached hydrogens (primary N) is 1. The van der Waals surface area contributed by atoms with E-state index >= 15 is 0 Å². The van der Waals surface area contributed by atoms with Gasteiger partial charge in [0, 0.05) is 31.1 Å². The summed E-state index contributed by atoms with van der Waals surface area (Å²) in [7, 11) is 1.85. The predicted octanol–water partition coefficient (Wildman–Crippen LogP) is -0.435. The number of aryl methyl sites for hydroxylation is 1. The third kappa shape index (κ3) is 2.45. The number of benzene rings is 1. The van der Waals surface area contributed by atoms with Crippen molar-refractivity contribution in [2.75, 3.05) is 11.6 Å². The molecule has 0 radical (unpaired) electrons.